The van der Waals surface area contributed by atoms with E-state index in [1.54, 1.807) is 24.0 Å². The Kier molecular flexibility index (Phi) is 14.0. The molecule has 198 valence electrons. The number of benzene rings is 2. The van der Waals surface area contributed by atoms with Crippen molar-refractivity contribution in [1.29, 1.82) is 0 Å². The third-order valence-corrected chi connectivity index (χ3v) is 5.40. The molecule has 0 radical (unpaired) electrons. The van der Waals surface area contributed by atoms with Crippen LogP contribution in [0.5, 0.6) is 5.75 Å². The molecular weight excluding hydrogens is 462 g/mol. The zero-order valence-electron chi connectivity index (χ0n) is 21.4. The van der Waals surface area contributed by atoms with Gasteiger partial charge in [-0.1, -0.05) is 49.4 Å². The number of carbonyl (C=O) groups is 2. The quantitative estimate of drug-likeness (QED) is 0.298. The number of hydrogen-bond acceptors (Lipinski definition) is 6. The van der Waals surface area contributed by atoms with Gasteiger partial charge in [-0.3, -0.25) is 0 Å². The van der Waals surface area contributed by atoms with Crippen LogP contribution in [0.25, 0.3) is 0 Å². The second-order valence-electron chi connectivity index (χ2n) is 8.28. The lowest BCUT2D eigenvalue weighted by atomic mass is 10.1. The van der Waals surface area contributed by atoms with Crippen LogP contribution in [0.2, 0.25) is 0 Å². The molecule has 0 aliphatic carbocycles. The Balaban J connectivity index is 1.83. The summed E-state index contributed by atoms with van der Waals surface area (Å²) in [5, 5.41) is 9.25. The average Bonchev–Trinajstić information content (AvgIpc) is 2.88. The van der Waals surface area contributed by atoms with Crippen molar-refractivity contribution in [2.45, 2.75) is 45.6 Å². The first kappa shape index (κ1) is 29.1. The van der Waals surface area contributed by atoms with Crippen LogP contribution in [-0.2, 0) is 31.8 Å². The van der Waals surface area contributed by atoms with E-state index in [0.29, 0.717) is 64.7 Å². The first-order chi connectivity index (χ1) is 17.5. The van der Waals surface area contributed by atoms with Crippen LogP contribution in [0.3, 0.4) is 0 Å². The Morgan fingerprint density at radius 1 is 0.889 bits per heavy atom. The van der Waals surface area contributed by atoms with Gasteiger partial charge in [0.15, 0.2) is 6.10 Å². The minimum atomic E-state index is -0.979. The monoisotopic (exact) mass is 501 g/mol. The van der Waals surface area contributed by atoms with Crippen molar-refractivity contribution < 1.29 is 33.6 Å². The van der Waals surface area contributed by atoms with Crippen LogP contribution >= 0.6 is 0 Å². The molecule has 8 heteroatoms. The number of carboxylic acids is 1. The fourth-order valence-electron chi connectivity index (χ4n) is 3.52. The van der Waals surface area contributed by atoms with Crippen LogP contribution < -0.4 is 4.74 Å². The third-order valence-electron chi connectivity index (χ3n) is 5.40. The summed E-state index contributed by atoms with van der Waals surface area (Å²) in [6.45, 7) is 6.98. The second-order valence-corrected chi connectivity index (χ2v) is 8.28. The molecule has 0 saturated carbocycles. The molecule has 0 aliphatic heterocycles. The summed E-state index contributed by atoms with van der Waals surface area (Å²) in [5.41, 5.74) is 1.96. The van der Waals surface area contributed by atoms with Crippen LogP contribution in [0.15, 0.2) is 54.6 Å². The van der Waals surface area contributed by atoms with Crippen molar-refractivity contribution >= 4 is 12.1 Å². The summed E-state index contributed by atoms with van der Waals surface area (Å²) in [6, 6.07) is 17.1. The van der Waals surface area contributed by atoms with E-state index < -0.39 is 12.1 Å². The predicted octanol–water partition coefficient (Wildman–Crippen LogP) is 4.60. The van der Waals surface area contributed by atoms with Crippen molar-refractivity contribution in [3.05, 3.63) is 65.7 Å². The first-order valence-electron chi connectivity index (χ1n) is 12.6. The van der Waals surface area contributed by atoms with Crippen molar-refractivity contribution in [3.63, 3.8) is 0 Å². The van der Waals surface area contributed by atoms with E-state index in [4.69, 9.17) is 18.9 Å². The van der Waals surface area contributed by atoms with E-state index in [1.807, 2.05) is 42.5 Å². The van der Waals surface area contributed by atoms with Crippen LogP contribution in [0, 0.1) is 0 Å². The second kappa shape index (κ2) is 17.3. The molecule has 1 amide bonds. The number of ether oxygens (including phenoxy) is 4. The Labute approximate surface area is 214 Å². The Morgan fingerprint density at radius 2 is 1.64 bits per heavy atom. The van der Waals surface area contributed by atoms with Gasteiger partial charge in [-0.2, -0.15) is 0 Å². The maximum absolute atomic E-state index is 12.7. The van der Waals surface area contributed by atoms with Crippen LogP contribution in [0.4, 0.5) is 4.79 Å². The highest BCUT2D eigenvalue weighted by Gasteiger charge is 2.18. The zero-order valence-corrected chi connectivity index (χ0v) is 21.4. The van der Waals surface area contributed by atoms with Gasteiger partial charge in [0, 0.05) is 39.2 Å². The highest BCUT2D eigenvalue weighted by atomic mass is 16.6. The van der Waals surface area contributed by atoms with E-state index in [2.05, 4.69) is 6.92 Å². The molecule has 0 bridgehead atoms. The van der Waals surface area contributed by atoms with Gasteiger partial charge in [0.25, 0.3) is 0 Å². The molecule has 2 aromatic carbocycles. The normalized spacial score (nSPS) is 11.6. The van der Waals surface area contributed by atoms with E-state index >= 15 is 0 Å². The lowest BCUT2D eigenvalue weighted by Crippen LogP contribution is -2.36. The zero-order chi connectivity index (χ0) is 26.0. The van der Waals surface area contributed by atoms with Gasteiger partial charge in [0.05, 0.1) is 13.2 Å². The number of nitrogens with zero attached hydrogens (tertiary/aromatic N) is 1. The summed E-state index contributed by atoms with van der Waals surface area (Å²) in [4.78, 5) is 25.6. The van der Waals surface area contributed by atoms with Gasteiger partial charge in [0.1, 0.15) is 12.4 Å². The third kappa shape index (κ3) is 11.6. The molecule has 8 nitrogen and oxygen atoms in total. The van der Waals surface area contributed by atoms with Gasteiger partial charge >= 0.3 is 12.1 Å². The summed E-state index contributed by atoms with van der Waals surface area (Å²) in [5.74, 6) is -0.335. The number of carbonyl (C=O) groups excluding carboxylic acids is 1. The lowest BCUT2D eigenvalue weighted by Gasteiger charge is -2.22. The summed E-state index contributed by atoms with van der Waals surface area (Å²) in [7, 11) is 0. The topological polar surface area (TPSA) is 94.5 Å². The van der Waals surface area contributed by atoms with Gasteiger partial charge in [0.2, 0.25) is 0 Å². The number of carboxylic acid groups (broad SMARTS) is 1. The maximum Gasteiger partial charge on any atom is 0.409 e. The van der Waals surface area contributed by atoms with E-state index in [0.717, 1.165) is 17.5 Å². The Morgan fingerprint density at radius 3 is 2.31 bits per heavy atom. The Hall–Kier alpha value is -3.10. The van der Waals surface area contributed by atoms with E-state index in [9.17, 15) is 14.7 Å². The van der Waals surface area contributed by atoms with E-state index in [1.165, 1.54) is 0 Å². The summed E-state index contributed by atoms with van der Waals surface area (Å²) >= 11 is 0. The average molecular weight is 502 g/mol. The molecule has 1 atom stereocenters. The maximum atomic E-state index is 12.7. The smallest absolute Gasteiger partial charge is 0.409 e. The molecule has 2 aromatic rings. The predicted molar refractivity (Wildman–Crippen MR) is 137 cm³/mol. The van der Waals surface area contributed by atoms with Crippen molar-refractivity contribution in [1.82, 2.24) is 4.90 Å². The fraction of sp³-hybridized carbons (Fsp3) is 0.500. The first-order valence-corrected chi connectivity index (χ1v) is 12.6. The van der Waals surface area contributed by atoms with E-state index in [-0.39, 0.29) is 12.5 Å². The summed E-state index contributed by atoms with van der Waals surface area (Å²) < 4.78 is 22.2. The molecule has 0 aromatic heterocycles. The van der Waals surface area contributed by atoms with Gasteiger partial charge in [-0.25, -0.2) is 9.59 Å². The molecule has 1 unspecified atom stereocenters. The fourth-order valence-corrected chi connectivity index (χ4v) is 3.52. The van der Waals surface area contributed by atoms with Crippen molar-refractivity contribution in [2.75, 3.05) is 46.1 Å². The van der Waals surface area contributed by atoms with Crippen molar-refractivity contribution in [3.8, 4) is 5.75 Å². The highest BCUT2D eigenvalue weighted by molar-refractivity contribution is 5.72. The molecule has 0 fully saturated rings. The molecule has 0 spiro atoms. The number of rotatable bonds is 18. The molecule has 36 heavy (non-hydrogen) atoms. The molecule has 0 saturated heterocycles. The number of hydrogen-bond donors (Lipinski definition) is 1. The molecule has 0 aliphatic rings. The van der Waals surface area contributed by atoms with Crippen LogP contribution in [0.1, 0.15) is 37.8 Å². The largest absolute Gasteiger partial charge is 0.492 e. The number of amides is 1. The minimum Gasteiger partial charge on any atom is -0.492 e. The molecular formula is C28H39NO7. The molecule has 2 rings (SSSR count). The standard InChI is InChI=1S/C28H39NO7/c1-3-18-33-19-8-16-29(28(32)36-20-15-23-9-6-5-7-10-23)17-21-35-25-13-11-24(12-14-25)22-26(27(30)31)34-4-2/h5-7,9-14,26H,3-4,8,15-22H2,1-2H3,(H,30,31). The van der Waals surface area contributed by atoms with Gasteiger partial charge in [-0.05, 0) is 43.0 Å². The molecule has 0 heterocycles. The minimum absolute atomic E-state index is 0.284. The highest BCUT2D eigenvalue weighted by Crippen LogP contribution is 2.15. The van der Waals surface area contributed by atoms with Gasteiger partial charge in [-0.15, -0.1) is 0 Å². The van der Waals surface area contributed by atoms with Crippen molar-refractivity contribution in [2.24, 2.45) is 0 Å². The van der Waals surface area contributed by atoms with Gasteiger partial charge < -0.3 is 29.0 Å². The molecule has 1 N–H and O–H groups in total. The number of aliphatic carboxylic acids is 1. The summed E-state index contributed by atoms with van der Waals surface area (Å²) in [6.07, 6.45) is 1.38. The Bertz CT molecular complexity index is 873. The SMILES string of the molecule is CCCOCCCN(CCOc1ccc(CC(OCC)C(=O)O)cc1)C(=O)OCCc1ccccc1. The lowest BCUT2D eigenvalue weighted by molar-refractivity contribution is -0.149. The van der Waals surface area contributed by atoms with Crippen LogP contribution in [-0.4, -0.2) is 74.3 Å².